The summed E-state index contributed by atoms with van der Waals surface area (Å²) in [6.07, 6.45) is -2.49. The number of hydrogen-bond acceptors (Lipinski definition) is 8. The molecule has 0 aliphatic carbocycles. The maximum absolute atomic E-state index is 10.2. The third-order valence-corrected chi connectivity index (χ3v) is 7.87. The van der Waals surface area contributed by atoms with Gasteiger partial charge >= 0.3 is 0 Å². The summed E-state index contributed by atoms with van der Waals surface area (Å²) in [6, 6.07) is 24.3. The molecule has 2 aromatic carbocycles. The van der Waals surface area contributed by atoms with Gasteiger partial charge < -0.3 is 29.9 Å². The molecule has 5 rings (SSSR count). The molecule has 9 heteroatoms. The van der Waals surface area contributed by atoms with E-state index in [2.05, 4.69) is 37.3 Å². The Morgan fingerprint density at radius 2 is 1.71 bits per heavy atom. The van der Waals surface area contributed by atoms with E-state index in [9.17, 15) is 25.7 Å². The third-order valence-electron chi connectivity index (χ3n) is 7.87. The standard InChI is InChI=1S/C33H37N3O6/c1-2-24-15-16-26-28(23-13-9-10-21(18-23)19-34)25(29(35-36(24)26)22-11-5-3-6-12-22)14-7-4-8-17-41-33-32(40)31(39)30(38)27(20-37)42-33/h3,5-6,9-13,15-16,18,27,30-33,37-40H,2,4,7-8,14,17,20H2,1H3/t27-,30+,31+,32-,33-/m1/s1. The summed E-state index contributed by atoms with van der Waals surface area (Å²) in [5, 5.41) is 54.3. The van der Waals surface area contributed by atoms with Gasteiger partial charge in [-0.3, -0.25) is 0 Å². The Hall–Kier alpha value is -3.62. The highest BCUT2D eigenvalue weighted by Gasteiger charge is 2.43. The molecule has 9 nitrogen and oxygen atoms in total. The highest BCUT2D eigenvalue weighted by Crippen LogP contribution is 2.37. The van der Waals surface area contributed by atoms with Gasteiger partial charge in [0, 0.05) is 23.4 Å². The van der Waals surface area contributed by atoms with Crippen LogP contribution >= 0.6 is 0 Å². The minimum Gasteiger partial charge on any atom is -0.394 e. The van der Waals surface area contributed by atoms with E-state index in [0.717, 1.165) is 64.8 Å². The van der Waals surface area contributed by atoms with Crippen LogP contribution in [0.25, 0.3) is 27.9 Å². The van der Waals surface area contributed by atoms with Gasteiger partial charge in [0.15, 0.2) is 6.29 Å². The molecule has 0 spiro atoms. The number of aliphatic hydroxyl groups is 4. The molecule has 0 bridgehead atoms. The number of unbranched alkanes of at least 4 members (excludes halogenated alkanes) is 2. The highest BCUT2D eigenvalue weighted by atomic mass is 16.7. The first-order valence-electron chi connectivity index (χ1n) is 14.5. The van der Waals surface area contributed by atoms with Crippen molar-refractivity contribution in [1.29, 1.82) is 5.26 Å². The maximum Gasteiger partial charge on any atom is 0.186 e. The summed E-state index contributed by atoms with van der Waals surface area (Å²) in [4.78, 5) is 0. The molecule has 1 fully saturated rings. The Balaban J connectivity index is 1.39. The van der Waals surface area contributed by atoms with Gasteiger partial charge in [-0.05, 0) is 61.1 Å². The first-order valence-corrected chi connectivity index (χ1v) is 14.5. The lowest BCUT2D eigenvalue weighted by Gasteiger charge is -2.39. The van der Waals surface area contributed by atoms with Crippen LogP contribution in [0.2, 0.25) is 0 Å². The van der Waals surface area contributed by atoms with Gasteiger partial charge in [-0.25, -0.2) is 4.52 Å². The fraction of sp³-hybridized carbons (Fsp3) is 0.394. The van der Waals surface area contributed by atoms with E-state index in [1.807, 2.05) is 47.0 Å². The molecular formula is C33H37N3O6. The molecule has 0 amide bonds. The minimum atomic E-state index is -1.46. The number of nitriles is 1. The van der Waals surface area contributed by atoms with E-state index in [4.69, 9.17) is 14.6 Å². The lowest BCUT2D eigenvalue weighted by Crippen LogP contribution is -2.59. The summed E-state index contributed by atoms with van der Waals surface area (Å²) in [5.41, 5.74) is 7.79. The minimum absolute atomic E-state index is 0.279. The van der Waals surface area contributed by atoms with E-state index in [0.29, 0.717) is 12.0 Å². The zero-order valence-electron chi connectivity index (χ0n) is 23.6. The Kier molecular flexibility index (Phi) is 9.65. The molecule has 4 aromatic rings. The number of aliphatic hydroxyl groups excluding tert-OH is 4. The zero-order valence-corrected chi connectivity index (χ0v) is 23.6. The molecule has 4 N–H and O–H groups in total. The maximum atomic E-state index is 10.2. The average molecular weight is 572 g/mol. The molecular weight excluding hydrogens is 534 g/mol. The molecule has 220 valence electrons. The van der Waals surface area contributed by atoms with Crippen molar-refractivity contribution >= 4 is 5.52 Å². The monoisotopic (exact) mass is 571 g/mol. The molecule has 0 radical (unpaired) electrons. The fourth-order valence-corrected chi connectivity index (χ4v) is 5.60. The zero-order chi connectivity index (χ0) is 29.6. The van der Waals surface area contributed by atoms with Crippen molar-refractivity contribution in [3.8, 4) is 28.5 Å². The van der Waals surface area contributed by atoms with Crippen molar-refractivity contribution in [2.45, 2.75) is 69.7 Å². The number of rotatable bonds is 11. The highest BCUT2D eigenvalue weighted by molar-refractivity contribution is 5.88. The molecule has 1 aliphatic heterocycles. The van der Waals surface area contributed by atoms with E-state index >= 15 is 0 Å². The summed E-state index contributed by atoms with van der Waals surface area (Å²) >= 11 is 0. The van der Waals surface area contributed by atoms with Gasteiger partial charge in [-0.2, -0.15) is 10.4 Å². The second-order valence-electron chi connectivity index (χ2n) is 10.6. The van der Waals surface area contributed by atoms with Crippen molar-refractivity contribution in [2.24, 2.45) is 0 Å². The normalized spacial score (nSPS) is 22.3. The molecule has 3 heterocycles. The van der Waals surface area contributed by atoms with Crippen molar-refractivity contribution in [1.82, 2.24) is 9.61 Å². The topological polar surface area (TPSA) is 140 Å². The second-order valence-corrected chi connectivity index (χ2v) is 10.6. The van der Waals surface area contributed by atoms with Crippen molar-refractivity contribution in [3.63, 3.8) is 0 Å². The predicted octanol–water partition coefficient (Wildman–Crippen LogP) is 3.63. The third kappa shape index (κ3) is 6.10. The SMILES string of the molecule is CCc1ccc2c(-c3cccc(C#N)c3)c(CCCCCO[C@@H]3O[C@H](CO)[C@H](O)[C@H](O)[C@H]3O)c(-c3ccccc3)nn12. The van der Waals surface area contributed by atoms with Crippen LogP contribution in [0.15, 0.2) is 66.7 Å². The van der Waals surface area contributed by atoms with E-state index in [1.54, 1.807) is 0 Å². The van der Waals surface area contributed by atoms with Gasteiger partial charge in [-0.15, -0.1) is 0 Å². The fourth-order valence-electron chi connectivity index (χ4n) is 5.60. The number of ether oxygens (including phenoxy) is 2. The average Bonchev–Trinajstić information content (AvgIpc) is 3.45. The molecule has 1 aliphatic rings. The van der Waals surface area contributed by atoms with Crippen molar-refractivity contribution in [3.05, 3.63) is 83.6 Å². The van der Waals surface area contributed by atoms with Crippen LogP contribution in [0.4, 0.5) is 0 Å². The molecule has 0 unspecified atom stereocenters. The van der Waals surface area contributed by atoms with Gasteiger partial charge in [0.25, 0.3) is 0 Å². The number of aryl methyl sites for hydroxylation is 1. The lowest BCUT2D eigenvalue weighted by molar-refractivity contribution is -0.301. The summed E-state index contributed by atoms with van der Waals surface area (Å²) in [6.45, 7) is 1.90. The van der Waals surface area contributed by atoms with Gasteiger partial charge in [-0.1, -0.05) is 55.8 Å². The number of benzene rings is 2. The van der Waals surface area contributed by atoms with E-state index in [-0.39, 0.29) is 6.61 Å². The molecule has 5 atom stereocenters. The first kappa shape index (κ1) is 29.9. The van der Waals surface area contributed by atoms with Crippen molar-refractivity contribution in [2.75, 3.05) is 13.2 Å². The number of aromatic nitrogens is 2. The van der Waals surface area contributed by atoms with Crippen LogP contribution in [-0.4, -0.2) is 74.0 Å². The summed E-state index contributed by atoms with van der Waals surface area (Å²) < 4.78 is 13.1. The second kappa shape index (κ2) is 13.6. The lowest BCUT2D eigenvalue weighted by atomic mass is 9.91. The Morgan fingerprint density at radius 3 is 2.45 bits per heavy atom. The van der Waals surface area contributed by atoms with Gasteiger partial charge in [0.2, 0.25) is 0 Å². The smallest absolute Gasteiger partial charge is 0.186 e. The van der Waals surface area contributed by atoms with Crippen molar-refractivity contribution < 1.29 is 29.9 Å². The number of nitrogens with zero attached hydrogens (tertiary/aromatic N) is 3. The van der Waals surface area contributed by atoms with Crippen LogP contribution in [0, 0.1) is 11.3 Å². The van der Waals surface area contributed by atoms with Crippen LogP contribution in [0.5, 0.6) is 0 Å². The van der Waals surface area contributed by atoms with Crippen LogP contribution < -0.4 is 0 Å². The van der Waals surface area contributed by atoms with E-state index < -0.39 is 37.3 Å². The van der Waals surface area contributed by atoms with Crippen LogP contribution in [0.3, 0.4) is 0 Å². The molecule has 1 saturated heterocycles. The molecule has 0 saturated carbocycles. The first-order chi connectivity index (χ1) is 20.5. The number of fused-ring (bicyclic) bond motifs is 1. The van der Waals surface area contributed by atoms with Gasteiger partial charge in [0.1, 0.15) is 24.4 Å². The largest absolute Gasteiger partial charge is 0.394 e. The molecule has 2 aromatic heterocycles. The summed E-state index contributed by atoms with van der Waals surface area (Å²) in [5.74, 6) is 0. The Bertz CT molecular complexity index is 1530. The van der Waals surface area contributed by atoms with Crippen LogP contribution in [0.1, 0.15) is 43.0 Å². The predicted molar refractivity (Wildman–Crippen MR) is 157 cm³/mol. The number of hydrogen-bond donors (Lipinski definition) is 4. The molecule has 42 heavy (non-hydrogen) atoms. The van der Waals surface area contributed by atoms with Gasteiger partial charge in [0.05, 0.1) is 29.5 Å². The quantitative estimate of drug-likeness (QED) is 0.200. The van der Waals surface area contributed by atoms with Crippen LogP contribution in [-0.2, 0) is 22.3 Å². The summed E-state index contributed by atoms with van der Waals surface area (Å²) in [7, 11) is 0. The Labute approximate surface area is 245 Å². The van der Waals surface area contributed by atoms with E-state index in [1.165, 1.54) is 0 Å². The Morgan fingerprint density at radius 1 is 0.929 bits per heavy atom.